The highest BCUT2D eigenvalue weighted by molar-refractivity contribution is 5.81. The van der Waals surface area contributed by atoms with Gasteiger partial charge in [-0.2, -0.15) is 0 Å². The van der Waals surface area contributed by atoms with Crippen LogP contribution in [0.25, 0.3) is 0 Å². The molecule has 1 N–H and O–H groups in total. The number of carbonyl (C=O) groups is 1. The Balaban J connectivity index is 0. The van der Waals surface area contributed by atoms with E-state index in [1.807, 2.05) is 27.7 Å². The summed E-state index contributed by atoms with van der Waals surface area (Å²) in [7, 11) is 0. The third kappa shape index (κ3) is 9.92. The number of hydrogen-bond acceptors (Lipinski definition) is 2. The van der Waals surface area contributed by atoms with Crippen molar-refractivity contribution in [2.45, 2.75) is 67.3 Å². The molecular formula is C13H29NO. The van der Waals surface area contributed by atoms with Crippen LogP contribution in [-0.4, -0.2) is 17.9 Å². The fraction of sp³-hybridized carbons (Fsp3) is 0.923. The van der Waals surface area contributed by atoms with Crippen LogP contribution in [-0.2, 0) is 4.79 Å². The second-order valence-electron chi connectivity index (χ2n) is 5.37. The van der Waals surface area contributed by atoms with Crippen molar-refractivity contribution >= 4 is 5.78 Å². The van der Waals surface area contributed by atoms with E-state index in [1.165, 1.54) is 0 Å². The highest BCUT2D eigenvalue weighted by Gasteiger charge is 2.23. The lowest BCUT2D eigenvalue weighted by Gasteiger charge is -2.25. The SMILES string of the molecule is CC.CC(=O)C(C)(C)CCNC(C)(C)C. The molecule has 0 amide bonds. The van der Waals surface area contributed by atoms with Gasteiger partial charge in [-0.15, -0.1) is 0 Å². The lowest BCUT2D eigenvalue weighted by atomic mass is 9.85. The van der Waals surface area contributed by atoms with Gasteiger partial charge < -0.3 is 5.32 Å². The first-order valence-corrected chi connectivity index (χ1v) is 5.91. The number of Topliss-reactive ketones (excluding diaryl/α,β-unsaturated/α-hetero) is 1. The van der Waals surface area contributed by atoms with Crippen LogP contribution >= 0.6 is 0 Å². The number of ketones is 1. The van der Waals surface area contributed by atoms with Crippen LogP contribution in [0.2, 0.25) is 0 Å². The largest absolute Gasteiger partial charge is 0.312 e. The maximum absolute atomic E-state index is 11.2. The molecule has 0 unspecified atom stereocenters. The third-order valence-corrected chi connectivity index (χ3v) is 2.36. The van der Waals surface area contributed by atoms with Crippen LogP contribution in [0.5, 0.6) is 0 Å². The molecule has 0 rings (SSSR count). The topological polar surface area (TPSA) is 29.1 Å². The highest BCUT2D eigenvalue weighted by Crippen LogP contribution is 2.20. The van der Waals surface area contributed by atoms with E-state index in [0.29, 0.717) is 0 Å². The molecule has 0 bridgehead atoms. The molecule has 0 saturated heterocycles. The quantitative estimate of drug-likeness (QED) is 0.778. The zero-order valence-corrected chi connectivity index (χ0v) is 11.8. The molecule has 0 aliphatic carbocycles. The Morgan fingerprint density at radius 3 is 1.73 bits per heavy atom. The van der Waals surface area contributed by atoms with Gasteiger partial charge in [-0.05, 0) is 40.7 Å². The van der Waals surface area contributed by atoms with E-state index in [0.717, 1.165) is 13.0 Å². The van der Waals surface area contributed by atoms with E-state index < -0.39 is 0 Å². The van der Waals surface area contributed by atoms with Crippen molar-refractivity contribution < 1.29 is 4.79 Å². The summed E-state index contributed by atoms with van der Waals surface area (Å²) in [6.45, 7) is 17.0. The first kappa shape index (κ1) is 17.0. The minimum Gasteiger partial charge on any atom is -0.312 e. The number of hydrogen-bond donors (Lipinski definition) is 1. The van der Waals surface area contributed by atoms with Crippen molar-refractivity contribution in [1.29, 1.82) is 0 Å². The second kappa shape index (κ2) is 7.00. The molecule has 0 saturated carbocycles. The Morgan fingerprint density at radius 2 is 1.47 bits per heavy atom. The molecule has 0 aromatic heterocycles. The molecule has 0 spiro atoms. The van der Waals surface area contributed by atoms with Crippen LogP contribution in [0.4, 0.5) is 0 Å². The summed E-state index contributed by atoms with van der Waals surface area (Å²) in [6, 6.07) is 0. The first-order chi connectivity index (χ1) is 6.65. The molecule has 2 heteroatoms. The van der Waals surface area contributed by atoms with E-state index in [2.05, 4.69) is 26.1 Å². The average molecular weight is 215 g/mol. The molecule has 0 aromatic carbocycles. The van der Waals surface area contributed by atoms with Gasteiger partial charge in [0.1, 0.15) is 5.78 Å². The Morgan fingerprint density at radius 1 is 1.07 bits per heavy atom. The maximum atomic E-state index is 11.2. The molecule has 0 atom stereocenters. The Hall–Kier alpha value is -0.370. The van der Waals surface area contributed by atoms with Crippen molar-refractivity contribution in [3.05, 3.63) is 0 Å². The van der Waals surface area contributed by atoms with Crippen molar-refractivity contribution in [2.24, 2.45) is 5.41 Å². The van der Waals surface area contributed by atoms with E-state index >= 15 is 0 Å². The summed E-state index contributed by atoms with van der Waals surface area (Å²) in [4.78, 5) is 11.2. The van der Waals surface area contributed by atoms with Crippen LogP contribution in [0.3, 0.4) is 0 Å². The highest BCUT2D eigenvalue weighted by atomic mass is 16.1. The Labute approximate surface area is 95.8 Å². The smallest absolute Gasteiger partial charge is 0.135 e. The van der Waals surface area contributed by atoms with Crippen molar-refractivity contribution in [3.8, 4) is 0 Å². The molecule has 0 aliphatic rings. The summed E-state index contributed by atoms with van der Waals surface area (Å²) >= 11 is 0. The van der Waals surface area contributed by atoms with Gasteiger partial charge in [0.05, 0.1) is 0 Å². The first-order valence-electron chi connectivity index (χ1n) is 5.91. The van der Waals surface area contributed by atoms with Crippen LogP contribution in [0.15, 0.2) is 0 Å². The Kier molecular flexibility index (Phi) is 7.95. The predicted octanol–water partition coefficient (Wildman–Crippen LogP) is 3.41. The van der Waals surface area contributed by atoms with Gasteiger partial charge in [-0.1, -0.05) is 27.7 Å². The summed E-state index contributed by atoms with van der Waals surface area (Å²) in [5.74, 6) is 0.267. The normalized spacial score (nSPS) is 11.7. The lowest BCUT2D eigenvalue weighted by Crippen LogP contribution is -2.38. The fourth-order valence-corrected chi connectivity index (χ4v) is 0.926. The van der Waals surface area contributed by atoms with Gasteiger partial charge in [0.15, 0.2) is 0 Å². The average Bonchev–Trinajstić information content (AvgIpc) is 2.04. The van der Waals surface area contributed by atoms with E-state index in [1.54, 1.807) is 6.92 Å². The van der Waals surface area contributed by atoms with Gasteiger partial charge in [0.2, 0.25) is 0 Å². The zero-order valence-electron chi connectivity index (χ0n) is 11.8. The molecule has 0 aromatic rings. The molecular weight excluding hydrogens is 186 g/mol. The lowest BCUT2D eigenvalue weighted by molar-refractivity contribution is -0.125. The van der Waals surface area contributed by atoms with Gasteiger partial charge in [0, 0.05) is 11.0 Å². The van der Waals surface area contributed by atoms with Crippen molar-refractivity contribution in [1.82, 2.24) is 5.32 Å². The molecule has 2 nitrogen and oxygen atoms in total. The molecule has 15 heavy (non-hydrogen) atoms. The molecule has 92 valence electrons. The molecule has 0 radical (unpaired) electrons. The number of rotatable bonds is 4. The monoisotopic (exact) mass is 215 g/mol. The van der Waals surface area contributed by atoms with Gasteiger partial charge >= 0.3 is 0 Å². The Bertz CT molecular complexity index is 177. The number of carbonyl (C=O) groups excluding carboxylic acids is 1. The fourth-order valence-electron chi connectivity index (χ4n) is 0.926. The van der Waals surface area contributed by atoms with Crippen LogP contribution < -0.4 is 5.32 Å². The van der Waals surface area contributed by atoms with Crippen LogP contribution in [0.1, 0.15) is 61.8 Å². The van der Waals surface area contributed by atoms with E-state index in [4.69, 9.17) is 0 Å². The van der Waals surface area contributed by atoms with Crippen molar-refractivity contribution in [3.63, 3.8) is 0 Å². The van der Waals surface area contributed by atoms with E-state index in [-0.39, 0.29) is 16.7 Å². The molecule has 0 fully saturated rings. The third-order valence-electron chi connectivity index (χ3n) is 2.36. The van der Waals surface area contributed by atoms with Crippen molar-refractivity contribution in [2.75, 3.05) is 6.54 Å². The summed E-state index contributed by atoms with van der Waals surface area (Å²) in [6.07, 6.45) is 0.902. The standard InChI is InChI=1S/C11H23NO.C2H6/c1-9(13)11(5,6)7-8-12-10(2,3)4;1-2/h12H,7-8H2,1-6H3;1-2H3. The van der Waals surface area contributed by atoms with Gasteiger partial charge in [0.25, 0.3) is 0 Å². The second-order valence-corrected chi connectivity index (χ2v) is 5.37. The van der Waals surface area contributed by atoms with E-state index in [9.17, 15) is 4.79 Å². The molecule has 0 aliphatic heterocycles. The number of nitrogens with one attached hydrogen (secondary N) is 1. The van der Waals surface area contributed by atoms with Gasteiger partial charge in [-0.3, -0.25) is 4.79 Å². The summed E-state index contributed by atoms with van der Waals surface area (Å²) < 4.78 is 0. The predicted molar refractivity (Wildman–Crippen MR) is 68.2 cm³/mol. The summed E-state index contributed by atoms with van der Waals surface area (Å²) in [5, 5.41) is 3.38. The minimum absolute atomic E-state index is 0.146. The summed E-state index contributed by atoms with van der Waals surface area (Å²) in [5.41, 5.74) is -0.0366. The minimum atomic E-state index is -0.182. The van der Waals surface area contributed by atoms with Crippen LogP contribution in [0, 0.1) is 5.41 Å². The zero-order chi connectivity index (χ0) is 12.7. The molecule has 0 heterocycles. The maximum Gasteiger partial charge on any atom is 0.135 e. The van der Waals surface area contributed by atoms with Gasteiger partial charge in [-0.25, -0.2) is 0 Å².